The molecular formula is C55H30F6O. The van der Waals surface area contributed by atoms with Gasteiger partial charge in [-0.25, -0.2) is 13.2 Å². The van der Waals surface area contributed by atoms with E-state index in [0.717, 1.165) is 105 Å². The van der Waals surface area contributed by atoms with Crippen LogP contribution in [0.1, 0.15) is 0 Å². The van der Waals surface area contributed by atoms with Gasteiger partial charge in [0.25, 0.3) is 0 Å². The van der Waals surface area contributed by atoms with Gasteiger partial charge in [-0.1, -0.05) is 133 Å². The maximum absolute atomic E-state index is 14.9. The monoisotopic (exact) mass is 820 g/mol. The zero-order valence-electron chi connectivity index (χ0n) is 32.5. The van der Waals surface area contributed by atoms with E-state index in [1.165, 1.54) is 12.1 Å². The first-order chi connectivity index (χ1) is 30.1. The minimum atomic E-state index is -4.83. The molecule has 0 amide bonds. The van der Waals surface area contributed by atoms with Crippen LogP contribution in [0.4, 0.5) is 26.3 Å². The molecule has 0 aromatic heterocycles. The molecule has 0 unspecified atom stereocenters. The van der Waals surface area contributed by atoms with Crippen LogP contribution >= 0.6 is 0 Å². The molecule has 0 spiro atoms. The highest BCUT2D eigenvalue weighted by Gasteiger charge is 2.31. The van der Waals surface area contributed by atoms with E-state index in [0.29, 0.717) is 11.1 Å². The van der Waals surface area contributed by atoms with E-state index in [1.54, 1.807) is 18.2 Å². The van der Waals surface area contributed by atoms with Crippen molar-refractivity contribution >= 4 is 64.6 Å². The Hall–Kier alpha value is -7.64. The van der Waals surface area contributed by atoms with Crippen LogP contribution in [0.25, 0.3) is 109 Å². The fourth-order valence-corrected chi connectivity index (χ4v) is 9.26. The molecule has 298 valence electrons. The third-order valence-corrected chi connectivity index (χ3v) is 11.9. The van der Waals surface area contributed by atoms with Crippen molar-refractivity contribution in [1.29, 1.82) is 0 Å². The summed E-state index contributed by atoms with van der Waals surface area (Å²) in [5, 5.41) is 11.7. The average Bonchev–Trinajstić information content (AvgIpc) is 3.29. The number of ether oxygens (including phenoxy) is 1. The van der Waals surface area contributed by atoms with E-state index < -0.39 is 23.8 Å². The number of halogens is 6. The molecule has 11 rings (SSSR count). The molecule has 62 heavy (non-hydrogen) atoms. The summed E-state index contributed by atoms with van der Waals surface area (Å²) in [7, 11) is 0. The van der Waals surface area contributed by atoms with Crippen LogP contribution in [0, 0.1) is 17.5 Å². The molecule has 0 heterocycles. The van der Waals surface area contributed by atoms with Gasteiger partial charge in [-0.05, 0) is 158 Å². The lowest BCUT2D eigenvalue weighted by Crippen LogP contribution is -2.16. The summed E-state index contributed by atoms with van der Waals surface area (Å²) in [6.07, 6.45) is -4.83. The van der Waals surface area contributed by atoms with Gasteiger partial charge in [0.05, 0.1) is 0 Å². The zero-order chi connectivity index (χ0) is 42.3. The van der Waals surface area contributed by atoms with Crippen molar-refractivity contribution in [2.24, 2.45) is 0 Å². The van der Waals surface area contributed by atoms with Crippen LogP contribution in [0.3, 0.4) is 0 Å². The molecule has 0 saturated heterocycles. The summed E-state index contributed by atoms with van der Waals surface area (Å²) in [6, 6.07) is 56.8. The topological polar surface area (TPSA) is 9.23 Å². The number of hydrogen-bond acceptors (Lipinski definition) is 1. The smallest absolute Gasteiger partial charge is 0.406 e. The summed E-state index contributed by atoms with van der Waals surface area (Å²) >= 11 is 0. The largest absolute Gasteiger partial charge is 0.573 e. The van der Waals surface area contributed by atoms with Crippen molar-refractivity contribution in [2.45, 2.75) is 6.36 Å². The first kappa shape index (κ1) is 37.4. The molecule has 1 nitrogen and oxygen atoms in total. The van der Waals surface area contributed by atoms with Crippen molar-refractivity contribution in [1.82, 2.24) is 0 Å². The Morgan fingerprint density at radius 1 is 0.323 bits per heavy atom. The van der Waals surface area contributed by atoms with Crippen LogP contribution in [0.15, 0.2) is 182 Å². The number of rotatable bonds is 5. The minimum absolute atomic E-state index is 0.184. The quantitative estimate of drug-likeness (QED) is 0.0727. The van der Waals surface area contributed by atoms with E-state index in [9.17, 15) is 26.3 Å². The second-order valence-electron chi connectivity index (χ2n) is 15.5. The molecule has 0 atom stereocenters. The molecule has 0 fully saturated rings. The second-order valence-corrected chi connectivity index (χ2v) is 15.5. The summed E-state index contributed by atoms with van der Waals surface area (Å²) in [4.78, 5) is 0. The SMILES string of the molecule is Fc1cc(-c2ccc3c(-c4cc5ccccc5c5ccccc45)c4cc(-c5ccc(OC(F)(F)F)cc5)ccc4c(-c4cc5ccccc5c5ccccc45)c3c2)cc(F)c1F. The van der Waals surface area contributed by atoms with Gasteiger partial charge in [0, 0.05) is 0 Å². The molecule has 0 N–H and O–H groups in total. The highest BCUT2D eigenvalue weighted by molar-refractivity contribution is 6.29. The molecule has 0 radical (unpaired) electrons. The van der Waals surface area contributed by atoms with Gasteiger partial charge in [-0.3, -0.25) is 0 Å². The van der Waals surface area contributed by atoms with Crippen LogP contribution in [-0.2, 0) is 0 Å². The molecule has 0 bridgehead atoms. The fraction of sp³-hybridized carbons (Fsp3) is 0.0182. The van der Waals surface area contributed by atoms with E-state index in [2.05, 4.69) is 71.5 Å². The average molecular weight is 821 g/mol. The predicted octanol–water partition coefficient (Wildman–Crippen LogP) is 16.6. The van der Waals surface area contributed by atoms with E-state index in [4.69, 9.17) is 0 Å². The molecular weight excluding hydrogens is 791 g/mol. The lowest BCUT2D eigenvalue weighted by Gasteiger charge is -2.22. The van der Waals surface area contributed by atoms with E-state index in [1.807, 2.05) is 72.8 Å². The summed E-state index contributed by atoms with van der Waals surface area (Å²) in [6.45, 7) is 0. The summed E-state index contributed by atoms with van der Waals surface area (Å²) in [5.74, 6) is -4.42. The molecule has 0 aliphatic heterocycles. The van der Waals surface area contributed by atoms with Gasteiger partial charge in [0.15, 0.2) is 17.5 Å². The van der Waals surface area contributed by atoms with Gasteiger partial charge in [0.1, 0.15) is 5.75 Å². The van der Waals surface area contributed by atoms with Crippen molar-refractivity contribution in [3.05, 3.63) is 199 Å². The summed E-state index contributed by atoms with van der Waals surface area (Å²) < 4.78 is 87.7. The van der Waals surface area contributed by atoms with Crippen molar-refractivity contribution in [3.63, 3.8) is 0 Å². The van der Waals surface area contributed by atoms with Crippen LogP contribution in [0.5, 0.6) is 5.75 Å². The molecule has 7 heteroatoms. The maximum atomic E-state index is 14.9. The van der Waals surface area contributed by atoms with Crippen LogP contribution < -0.4 is 4.74 Å². The zero-order valence-corrected chi connectivity index (χ0v) is 32.5. The number of alkyl halides is 3. The standard InChI is InChI=1S/C55H30F6O/c56-50-29-36(30-51(57)54(50)58)33-20-24-45-49(26-33)53(47-28-35-10-2-4-12-39(35)41-14-6-8-16-43(41)47)44-23-19-32(31-17-21-37(22-18-31)62-55(59,60)61)25-48(44)52(45)46-27-34-9-1-3-11-38(34)40-13-5-7-15-42(40)46/h1-30H. The molecule has 0 saturated carbocycles. The molecule has 11 aromatic rings. The molecule has 0 aliphatic carbocycles. The van der Waals surface area contributed by atoms with Crippen molar-refractivity contribution in [3.8, 4) is 50.3 Å². The predicted molar refractivity (Wildman–Crippen MR) is 240 cm³/mol. The first-order valence-electron chi connectivity index (χ1n) is 20.0. The van der Waals surface area contributed by atoms with Crippen LogP contribution in [-0.4, -0.2) is 6.36 Å². The Morgan fingerprint density at radius 2 is 0.726 bits per heavy atom. The molecule has 0 aliphatic rings. The van der Waals surface area contributed by atoms with Gasteiger partial charge >= 0.3 is 6.36 Å². The minimum Gasteiger partial charge on any atom is -0.406 e. The van der Waals surface area contributed by atoms with Gasteiger partial charge in [-0.2, -0.15) is 0 Å². The Balaban J connectivity index is 1.31. The van der Waals surface area contributed by atoms with Crippen molar-refractivity contribution < 1.29 is 31.1 Å². The second kappa shape index (κ2) is 14.2. The normalized spacial score (nSPS) is 12.0. The Bertz CT molecular complexity index is 3610. The number of fused-ring (bicyclic) bond motifs is 8. The van der Waals surface area contributed by atoms with Gasteiger partial charge < -0.3 is 4.74 Å². The Labute approximate surface area is 350 Å². The third-order valence-electron chi connectivity index (χ3n) is 11.9. The maximum Gasteiger partial charge on any atom is 0.573 e. The Kier molecular flexibility index (Phi) is 8.58. The van der Waals surface area contributed by atoms with Crippen LogP contribution in [0.2, 0.25) is 0 Å². The van der Waals surface area contributed by atoms with Gasteiger partial charge in [0.2, 0.25) is 0 Å². The summed E-state index contributed by atoms with van der Waals surface area (Å²) in [5.41, 5.74) is 5.77. The Morgan fingerprint density at radius 3 is 1.19 bits per heavy atom. The van der Waals surface area contributed by atoms with Crippen molar-refractivity contribution in [2.75, 3.05) is 0 Å². The highest BCUT2D eigenvalue weighted by atomic mass is 19.4. The van der Waals surface area contributed by atoms with Gasteiger partial charge in [-0.15, -0.1) is 13.2 Å². The van der Waals surface area contributed by atoms with E-state index in [-0.39, 0.29) is 11.3 Å². The number of benzene rings is 11. The third kappa shape index (κ3) is 6.19. The lowest BCUT2D eigenvalue weighted by atomic mass is 9.81. The first-order valence-corrected chi connectivity index (χ1v) is 20.0. The fourth-order valence-electron chi connectivity index (χ4n) is 9.26. The van der Waals surface area contributed by atoms with E-state index >= 15 is 0 Å². The number of hydrogen-bond donors (Lipinski definition) is 0. The molecule has 11 aromatic carbocycles. The highest BCUT2D eigenvalue weighted by Crippen LogP contribution is 2.50. The lowest BCUT2D eigenvalue weighted by molar-refractivity contribution is -0.274.